The summed E-state index contributed by atoms with van der Waals surface area (Å²) in [6.07, 6.45) is -2.39. The topological polar surface area (TPSA) is 75.6 Å². The Morgan fingerprint density at radius 2 is 1.73 bits per heavy atom. The number of aryl methyl sites for hydroxylation is 1. The molecular formula is C39H49F5N6O2. The molecule has 3 fully saturated rings. The lowest BCUT2D eigenvalue weighted by Gasteiger charge is -2.39. The number of fused-ring (bicyclic) bond motifs is 3. The van der Waals surface area contributed by atoms with E-state index in [4.69, 9.17) is 19.7 Å². The highest BCUT2D eigenvalue weighted by Crippen LogP contribution is 2.47. The molecule has 8 rings (SSSR count). The molecule has 2 aromatic heterocycles. The van der Waals surface area contributed by atoms with E-state index in [1.807, 2.05) is 26.0 Å². The number of benzene rings is 2. The van der Waals surface area contributed by atoms with Crippen molar-refractivity contribution < 1.29 is 31.4 Å². The molecule has 2 aromatic carbocycles. The largest absolute Gasteiger partial charge is 0.522 e. The molecule has 5 heterocycles. The van der Waals surface area contributed by atoms with Crippen molar-refractivity contribution in [2.24, 2.45) is 11.3 Å². The van der Waals surface area contributed by atoms with Crippen LogP contribution < -0.4 is 15.0 Å². The highest BCUT2D eigenvalue weighted by atomic mass is 19.4. The van der Waals surface area contributed by atoms with E-state index >= 15 is 4.39 Å². The Morgan fingerprint density at radius 1 is 0.981 bits per heavy atom. The Bertz CT molecular complexity index is 1910. The van der Waals surface area contributed by atoms with Gasteiger partial charge in [0.05, 0.1) is 23.8 Å². The van der Waals surface area contributed by atoms with Crippen LogP contribution in [0.5, 0.6) is 6.01 Å². The molecule has 1 N–H and O–H groups in total. The van der Waals surface area contributed by atoms with Crippen molar-refractivity contribution in [1.29, 1.82) is 0 Å². The summed E-state index contributed by atoms with van der Waals surface area (Å²) in [7, 11) is 0. The average molecular weight is 729 g/mol. The van der Waals surface area contributed by atoms with Crippen LogP contribution in [0.2, 0.25) is 0 Å². The zero-order valence-electron chi connectivity index (χ0n) is 29.5. The lowest BCUT2D eigenvalue weighted by molar-refractivity contribution is -0.345. The Morgan fingerprint density at radius 3 is 2.44 bits per heavy atom. The Labute approximate surface area is 302 Å². The summed E-state index contributed by atoms with van der Waals surface area (Å²) in [4.78, 5) is 19.0. The Balaban J connectivity index is 0.00000152. The number of halogens is 5. The number of hydrogen-bond donors (Lipinski definition) is 1. The number of rotatable bonds is 7. The van der Waals surface area contributed by atoms with E-state index in [9.17, 15) is 17.6 Å². The van der Waals surface area contributed by atoms with Gasteiger partial charge in [-0.25, -0.2) is 13.8 Å². The summed E-state index contributed by atoms with van der Waals surface area (Å²) in [6, 6.07) is 8.79. The molecule has 4 aromatic rings. The van der Waals surface area contributed by atoms with Crippen molar-refractivity contribution in [3.05, 3.63) is 53.2 Å². The quantitative estimate of drug-likeness (QED) is 0.191. The third-order valence-electron chi connectivity index (χ3n) is 10.9. The van der Waals surface area contributed by atoms with Gasteiger partial charge in [0.1, 0.15) is 22.8 Å². The lowest BCUT2D eigenvalue weighted by Crippen LogP contribution is -2.54. The zero-order valence-corrected chi connectivity index (χ0v) is 29.5. The van der Waals surface area contributed by atoms with Gasteiger partial charge in [0.25, 0.3) is 0 Å². The van der Waals surface area contributed by atoms with Crippen LogP contribution in [0.25, 0.3) is 32.9 Å². The van der Waals surface area contributed by atoms with Gasteiger partial charge in [-0.15, -0.1) is 13.2 Å². The molecule has 1 saturated carbocycles. The fourth-order valence-corrected chi connectivity index (χ4v) is 8.07. The van der Waals surface area contributed by atoms with E-state index < -0.39 is 18.3 Å². The van der Waals surface area contributed by atoms with Crippen LogP contribution in [-0.2, 0) is 11.2 Å². The van der Waals surface area contributed by atoms with Crippen molar-refractivity contribution in [3.8, 4) is 17.3 Å². The zero-order chi connectivity index (χ0) is 36.1. The van der Waals surface area contributed by atoms with Crippen molar-refractivity contribution in [3.63, 3.8) is 0 Å². The molecule has 2 saturated heterocycles. The maximum atomic E-state index is 17.0. The van der Waals surface area contributed by atoms with Crippen LogP contribution in [0.3, 0.4) is 0 Å². The molecule has 0 bridgehead atoms. The smallest absolute Gasteiger partial charge is 0.463 e. The van der Waals surface area contributed by atoms with E-state index in [-0.39, 0.29) is 47.8 Å². The van der Waals surface area contributed by atoms with Crippen LogP contribution in [0.15, 0.2) is 30.3 Å². The van der Waals surface area contributed by atoms with Crippen LogP contribution in [0.4, 0.5) is 27.8 Å². The first-order chi connectivity index (χ1) is 24.5. The van der Waals surface area contributed by atoms with Crippen molar-refractivity contribution in [2.45, 2.75) is 85.7 Å². The molecule has 52 heavy (non-hydrogen) atoms. The molecule has 13 heteroatoms. The predicted molar refractivity (Wildman–Crippen MR) is 194 cm³/mol. The molecule has 282 valence electrons. The summed E-state index contributed by atoms with van der Waals surface area (Å²) in [6.45, 7) is 12.1. The van der Waals surface area contributed by atoms with Gasteiger partial charge in [-0.05, 0) is 67.3 Å². The number of hydrogen-bond acceptors (Lipinski definition) is 8. The van der Waals surface area contributed by atoms with Crippen LogP contribution in [0.1, 0.15) is 65.1 Å². The third-order valence-corrected chi connectivity index (χ3v) is 10.9. The van der Waals surface area contributed by atoms with E-state index in [2.05, 4.69) is 26.8 Å². The Hall–Kier alpha value is -3.68. The third kappa shape index (κ3) is 7.41. The fourth-order valence-electron chi connectivity index (χ4n) is 8.07. The van der Waals surface area contributed by atoms with E-state index in [0.29, 0.717) is 85.5 Å². The minimum Gasteiger partial charge on any atom is -0.463 e. The van der Waals surface area contributed by atoms with Crippen LogP contribution >= 0.6 is 0 Å². The summed E-state index contributed by atoms with van der Waals surface area (Å²) in [5, 5.41) is 5.47. The van der Waals surface area contributed by atoms with Gasteiger partial charge in [0.2, 0.25) is 0 Å². The molecule has 0 spiro atoms. The lowest BCUT2D eigenvalue weighted by atomic mass is 9.94. The predicted octanol–water partition coefficient (Wildman–Crippen LogP) is 8.22. The molecular weight excluding hydrogens is 679 g/mol. The number of anilines is 1. The van der Waals surface area contributed by atoms with Crippen molar-refractivity contribution in [1.82, 2.24) is 25.2 Å². The molecule has 2 atom stereocenters. The number of aromatic nitrogens is 3. The SMILES string of the molecule is C.CC.Cc1c(F)ccc2cccc(-c3nc4c5c(nc(OCC6(CN7CCC(OC(F)(F)F)CC7)CC6)nc5c3F)N3CCNCC3[C@@H](C)C4)c12. The number of ether oxygens (including phenoxy) is 2. The number of nitrogens with one attached hydrogen (secondary N) is 1. The minimum absolute atomic E-state index is 0. The summed E-state index contributed by atoms with van der Waals surface area (Å²) in [5.41, 5.74) is 1.72. The highest BCUT2D eigenvalue weighted by molar-refractivity contribution is 6.01. The second-order valence-corrected chi connectivity index (χ2v) is 14.3. The summed E-state index contributed by atoms with van der Waals surface area (Å²) in [5.74, 6) is -0.187. The average Bonchev–Trinajstić information content (AvgIpc) is 3.91. The van der Waals surface area contributed by atoms with Crippen LogP contribution in [0, 0.1) is 29.9 Å². The number of likely N-dealkylation sites (tertiary alicyclic amines) is 1. The second kappa shape index (κ2) is 15.0. The maximum Gasteiger partial charge on any atom is 0.522 e. The normalized spacial score (nSPS) is 21.5. The van der Waals surface area contributed by atoms with Gasteiger partial charge in [0.15, 0.2) is 5.82 Å². The van der Waals surface area contributed by atoms with E-state index in [1.54, 1.807) is 19.1 Å². The van der Waals surface area contributed by atoms with Gasteiger partial charge in [-0.2, -0.15) is 9.97 Å². The molecule has 0 amide bonds. The number of alkyl halides is 3. The van der Waals surface area contributed by atoms with E-state index in [1.165, 1.54) is 6.07 Å². The van der Waals surface area contributed by atoms with Gasteiger partial charge in [-0.3, -0.25) is 4.74 Å². The first kappa shape index (κ1) is 38.1. The van der Waals surface area contributed by atoms with E-state index in [0.717, 1.165) is 31.3 Å². The molecule has 8 nitrogen and oxygen atoms in total. The number of nitrogens with zero attached hydrogens (tertiary/aromatic N) is 5. The number of pyridine rings is 1. The van der Waals surface area contributed by atoms with Gasteiger partial charge in [0, 0.05) is 56.3 Å². The monoisotopic (exact) mass is 728 g/mol. The first-order valence-corrected chi connectivity index (χ1v) is 18.1. The highest BCUT2D eigenvalue weighted by Gasteiger charge is 2.46. The molecule has 4 aliphatic rings. The number of piperazine rings is 1. The number of piperidine rings is 1. The fraction of sp³-hybridized carbons (Fsp3) is 0.564. The van der Waals surface area contributed by atoms with Crippen LogP contribution in [-0.4, -0.2) is 84.2 Å². The van der Waals surface area contributed by atoms with Crippen molar-refractivity contribution in [2.75, 3.05) is 50.8 Å². The Kier molecular flexibility index (Phi) is 11.0. The molecule has 0 radical (unpaired) electrons. The maximum absolute atomic E-state index is 17.0. The second-order valence-electron chi connectivity index (χ2n) is 14.3. The molecule has 3 aliphatic heterocycles. The standard InChI is InChI=1S/C36H39F5N6O2.C2H6.CH4/c1-20-16-26-29-32(30(38)31(43-26)24-5-3-4-22-6-7-25(37)21(2)28(22)24)44-34(45-33(29)47-15-12-42-17-27(20)47)48-19-35(10-11-35)18-46-13-8-23(9-14-46)49-36(39,40)41;1-2;/h3-7,20,23,27,42H,8-19H2,1-2H3;1-2H3;1H4/t20-,27?;;/m0../s1. The minimum atomic E-state index is -4.62. The summed E-state index contributed by atoms with van der Waals surface area (Å²) >= 11 is 0. The van der Waals surface area contributed by atoms with Gasteiger partial charge < -0.3 is 19.9 Å². The molecule has 1 aliphatic carbocycles. The molecule has 1 unspecified atom stereocenters. The van der Waals surface area contributed by atoms with Gasteiger partial charge in [-0.1, -0.05) is 52.5 Å². The summed E-state index contributed by atoms with van der Waals surface area (Å²) < 4.78 is 80.5. The van der Waals surface area contributed by atoms with Gasteiger partial charge >= 0.3 is 12.4 Å². The first-order valence-electron chi connectivity index (χ1n) is 18.1. The van der Waals surface area contributed by atoms with Crippen molar-refractivity contribution >= 4 is 27.5 Å².